The summed E-state index contributed by atoms with van der Waals surface area (Å²) in [5, 5.41) is 7.44. The minimum atomic E-state index is 0.437. The molecule has 0 saturated carbocycles. The van der Waals surface area contributed by atoms with Crippen molar-refractivity contribution in [1.82, 2.24) is 30.3 Å². The van der Waals surface area contributed by atoms with Crippen molar-refractivity contribution < 1.29 is 4.52 Å². The van der Waals surface area contributed by atoms with Crippen molar-refractivity contribution in [2.24, 2.45) is 4.99 Å². The predicted molar refractivity (Wildman–Crippen MR) is 115 cm³/mol. The van der Waals surface area contributed by atoms with E-state index in [2.05, 4.69) is 48.2 Å². The summed E-state index contributed by atoms with van der Waals surface area (Å²) in [5.74, 6) is 3.02. The highest BCUT2D eigenvalue weighted by molar-refractivity contribution is 5.80. The van der Waals surface area contributed by atoms with Crippen molar-refractivity contribution in [2.75, 3.05) is 44.2 Å². The molecule has 0 spiro atoms. The maximum absolute atomic E-state index is 5.32. The van der Waals surface area contributed by atoms with Gasteiger partial charge in [-0.1, -0.05) is 17.3 Å². The average molecular weight is 406 g/mol. The van der Waals surface area contributed by atoms with Gasteiger partial charge in [0.25, 0.3) is 5.89 Å². The number of rotatable bonds is 6. The van der Waals surface area contributed by atoms with Crippen molar-refractivity contribution in [2.45, 2.75) is 13.3 Å². The van der Waals surface area contributed by atoms with Crippen LogP contribution in [0, 0.1) is 0 Å². The minimum Gasteiger partial charge on any atom is -0.357 e. The summed E-state index contributed by atoms with van der Waals surface area (Å²) in [5.41, 5.74) is 0.680. The van der Waals surface area contributed by atoms with E-state index >= 15 is 0 Å². The fourth-order valence-corrected chi connectivity index (χ4v) is 3.32. The fourth-order valence-electron chi connectivity index (χ4n) is 3.32. The van der Waals surface area contributed by atoms with Crippen LogP contribution in [0.1, 0.15) is 12.7 Å². The Balaban J connectivity index is 1.33. The Kier molecular flexibility index (Phi) is 6.48. The molecule has 3 aromatic rings. The summed E-state index contributed by atoms with van der Waals surface area (Å²) in [6.07, 6.45) is 4.16. The van der Waals surface area contributed by atoms with E-state index in [1.54, 1.807) is 6.20 Å². The number of guanidine groups is 1. The first-order valence-corrected chi connectivity index (χ1v) is 10.3. The van der Waals surface area contributed by atoms with Crippen molar-refractivity contribution in [3.63, 3.8) is 0 Å². The summed E-state index contributed by atoms with van der Waals surface area (Å²) >= 11 is 0. The van der Waals surface area contributed by atoms with Gasteiger partial charge in [-0.25, -0.2) is 4.98 Å². The molecule has 1 saturated heterocycles. The second kappa shape index (κ2) is 9.82. The molecule has 30 heavy (non-hydrogen) atoms. The van der Waals surface area contributed by atoms with Crippen molar-refractivity contribution in [3.8, 4) is 11.6 Å². The Morgan fingerprint density at radius 1 is 1.07 bits per heavy atom. The van der Waals surface area contributed by atoms with Gasteiger partial charge in [-0.3, -0.25) is 9.98 Å². The van der Waals surface area contributed by atoms with Crippen LogP contribution in [-0.4, -0.2) is 70.2 Å². The van der Waals surface area contributed by atoms with E-state index < -0.39 is 0 Å². The number of aromatic nitrogens is 4. The molecule has 156 valence electrons. The zero-order valence-electron chi connectivity index (χ0n) is 17.1. The lowest BCUT2D eigenvalue weighted by Crippen LogP contribution is -2.52. The Morgan fingerprint density at radius 2 is 1.87 bits per heavy atom. The summed E-state index contributed by atoms with van der Waals surface area (Å²) in [6, 6.07) is 11.6. The smallest absolute Gasteiger partial charge is 0.276 e. The third-order valence-corrected chi connectivity index (χ3v) is 4.84. The molecule has 1 N–H and O–H groups in total. The summed E-state index contributed by atoms with van der Waals surface area (Å²) in [4.78, 5) is 22.5. The van der Waals surface area contributed by atoms with Gasteiger partial charge in [-0.2, -0.15) is 4.98 Å². The number of hydrogen-bond acceptors (Lipinski definition) is 7. The maximum Gasteiger partial charge on any atom is 0.276 e. The largest absolute Gasteiger partial charge is 0.357 e. The van der Waals surface area contributed by atoms with Gasteiger partial charge in [0.1, 0.15) is 11.5 Å². The van der Waals surface area contributed by atoms with E-state index in [0.717, 1.165) is 44.5 Å². The lowest BCUT2D eigenvalue weighted by Gasteiger charge is -2.37. The number of hydrogen-bond donors (Lipinski definition) is 1. The van der Waals surface area contributed by atoms with Gasteiger partial charge in [0.2, 0.25) is 0 Å². The van der Waals surface area contributed by atoms with Crippen LogP contribution in [-0.2, 0) is 6.42 Å². The molecular formula is C21H26N8O. The molecule has 1 aliphatic rings. The van der Waals surface area contributed by atoms with Crippen molar-refractivity contribution in [3.05, 3.63) is 54.6 Å². The number of aliphatic imine (C=N–C) groups is 1. The summed E-state index contributed by atoms with van der Waals surface area (Å²) in [7, 11) is 0. The molecule has 0 unspecified atom stereocenters. The third-order valence-electron chi connectivity index (χ3n) is 4.84. The molecule has 1 fully saturated rings. The topological polar surface area (TPSA) is 95.6 Å². The van der Waals surface area contributed by atoms with Gasteiger partial charge < -0.3 is 19.6 Å². The van der Waals surface area contributed by atoms with Crippen LogP contribution in [0.15, 0.2) is 58.3 Å². The summed E-state index contributed by atoms with van der Waals surface area (Å²) in [6.45, 7) is 7.12. The van der Waals surface area contributed by atoms with Crippen LogP contribution >= 0.6 is 0 Å². The quantitative estimate of drug-likeness (QED) is 0.490. The van der Waals surface area contributed by atoms with Gasteiger partial charge in [0.15, 0.2) is 11.8 Å². The molecule has 0 bridgehead atoms. The Hall–Kier alpha value is -3.49. The highest BCUT2D eigenvalue weighted by Crippen LogP contribution is 2.14. The molecule has 0 aliphatic carbocycles. The Bertz CT molecular complexity index is 936. The second-order valence-corrected chi connectivity index (χ2v) is 6.88. The lowest BCUT2D eigenvalue weighted by molar-refractivity contribution is 0.371. The highest BCUT2D eigenvalue weighted by atomic mass is 16.5. The van der Waals surface area contributed by atoms with Crippen molar-refractivity contribution in [1.29, 1.82) is 0 Å². The minimum absolute atomic E-state index is 0.437. The zero-order chi connectivity index (χ0) is 20.6. The lowest BCUT2D eigenvalue weighted by atomic mass is 10.3. The van der Waals surface area contributed by atoms with E-state index in [1.807, 2.05) is 36.5 Å². The molecule has 4 heterocycles. The number of anilines is 1. The average Bonchev–Trinajstić information content (AvgIpc) is 3.29. The van der Waals surface area contributed by atoms with Gasteiger partial charge in [0, 0.05) is 58.1 Å². The van der Waals surface area contributed by atoms with Crippen LogP contribution in [0.2, 0.25) is 0 Å². The molecule has 0 radical (unpaired) electrons. The molecule has 1 aliphatic heterocycles. The fraction of sp³-hybridized carbons (Fsp3) is 0.381. The standard InChI is InChI=1S/C21H26N8O/c1-2-22-21(29-15-13-28(14-16-29)19-8-4-6-11-24-19)25-12-9-18-26-20(30-27-18)17-7-3-5-10-23-17/h3-8,10-11H,2,9,12-16H2,1H3,(H,22,25). The van der Waals surface area contributed by atoms with Gasteiger partial charge in [0.05, 0.1) is 0 Å². The molecule has 9 nitrogen and oxygen atoms in total. The molecular weight excluding hydrogens is 380 g/mol. The van der Waals surface area contributed by atoms with Crippen LogP contribution in [0.4, 0.5) is 5.82 Å². The van der Waals surface area contributed by atoms with E-state index in [1.165, 1.54) is 0 Å². The predicted octanol–water partition coefficient (Wildman–Crippen LogP) is 1.86. The van der Waals surface area contributed by atoms with Gasteiger partial charge in [-0.05, 0) is 31.2 Å². The Labute approximate surface area is 175 Å². The Morgan fingerprint density at radius 3 is 2.57 bits per heavy atom. The SMILES string of the molecule is CCNC(=NCCc1noc(-c2ccccn2)n1)N1CCN(c2ccccn2)CC1. The molecule has 0 aromatic carbocycles. The molecule has 9 heteroatoms. The van der Waals surface area contributed by atoms with Crippen LogP contribution in [0.5, 0.6) is 0 Å². The van der Waals surface area contributed by atoms with E-state index in [4.69, 9.17) is 9.52 Å². The summed E-state index contributed by atoms with van der Waals surface area (Å²) < 4.78 is 5.32. The van der Waals surface area contributed by atoms with Gasteiger partial charge >= 0.3 is 0 Å². The van der Waals surface area contributed by atoms with Crippen molar-refractivity contribution >= 4 is 11.8 Å². The second-order valence-electron chi connectivity index (χ2n) is 6.88. The van der Waals surface area contributed by atoms with Crippen LogP contribution in [0.25, 0.3) is 11.6 Å². The first kappa shape index (κ1) is 19.8. The zero-order valence-corrected chi connectivity index (χ0v) is 17.1. The molecule has 0 amide bonds. The van der Waals surface area contributed by atoms with Gasteiger partial charge in [-0.15, -0.1) is 0 Å². The molecule has 0 atom stereocenters. The number of nitrogens with one attached hydrogen (secondary N) is 1. The van der Waals surface area contributed by atoms with Crippen LogP contribution in [0.3, 0.4) is 0 Å². The number of piperazine rings is 1. The maximum atomic E-state index is 5.32. The first-order valence-electron chi connectivity index (χ1n) is 10.3. The third kappa shape index (κ3) is 4.91. The van der Waals surface area contributed by atoms with Crippen LogP contribution < -0.4 is 10.2 Å². The molecule has 4 rings (SSSR count). The monoisotopic (exact) mass is 406 g/mol. The highest BCUT2D eigenvalue weighted by Gasteiger charge is 2.20. The first-order chi connectivity index (χ1) is 14.8. The number of pyridine rings is 2. The molecule has 3 aromatic heterocycles. The van der Waals surface area contributed by atoms with E-state index in [9.17, 15) is 0 Å². The van der Waals surface area contributed by atoms with E-state index in [-0.39, 0.29) is 0 Å². The van der Waals surface area contributed by atoms with E-state index in [0.29, 0.717) is 30.4 Å². The normalized spacial score (nSPS) is 14.8. The number of nitrogens with zero attached hydrogens (tertiary/aromatic N) is 7.